The van der Waals surface area contributed by atoms with Crippen molar-refractivity contribution in [1.29, 1.82) is 0 Å². The van der Waals surface area contributed by atoms with Crippen LogP contribution >= 0.6 is 23.2 Å². The lowest BCUT2D eigenvalue weighted by atomic mass is 10.2. The number of hydrogen-bond acceptors (Lipinski definition) is 7. The van der Waals surface area contributed by atoms with Gasteiger partial charge in [0.15, 0.2) is 5.65 Å². The molecule has 4 rings (SSSR count). The highest BCUT2D eigenvalue weighted by Gasteiger charge is 2.30. The number of sulfonamides is 1. The second kappa shape index (κ2) is 7.32. The molecule has 0 unspecified atom stereocenters. The van der Waals surface area contributed by atoms with E-state index in [1.807, 2.05) is 11.0 Å². The lowest BCUT2D eigenvalue weighted by Crippen LogP contribution is -2.49. The van der Waals surface area contributed by atoms with E-state index in [4.69, 9.17) is 28.9 Å². The van der Waals surface area contributed by atoms with Crippen molar-refractivity contribution in [3.8, 4) is 0 Å². The number of fused-ring (bicyclic) bond motifs is 1. The smallest absolute Gasteiger partial charge is 0.243 e. The summed E-state index contributed by atoms with van der Waals surface area (Å²) in [5.74, 6) is 1.10. The molecule has 11 heteroatoms. The van der Waals surface area contributed by atoms with Crippen LogP contribution in [0.4, 0.5) is 11.6 Å². The number of piperazine rings is 1. The van der Waals surface area contributed by atoms with Gasteiger partial charge in [0.2, 0.25) is 10.0 Å². The number of nitrogens with two attached hydrogens (primary N) is 1. The van der Waals surface area contributed by atoms with Crippen molar-refractivity contribution in [1.82, 2.24) is 19.3 Å². The third kappa shape index (κ3) is 3.46. The van der Waals surface area contributed by atoms with Crippen LogP contribution in [-0.2, 0) is 10.0 Å². The Hall–Kier alpha value is -2.20. The van der Waals surface area contributed by atoms with Crippen molar-refractivity contribution in [2.24, 2.45) is 0 Å². The third-order valence-corrected chi connectivity index (χ3v) is 7.20. The Balaban J connectivity index is 1.56. The van der Waals surface area contributed by atoms with Crippen LogP contribution < -0.4 is 10.6 Å². The van der Waals surface area contributed by atoms with Crippen LogP contribution in [0.5, 0.6) is 0 Å². The van der Waals surface area contributed by atoms with Crippen LogP contribution in [-0.4, -0.2) is 53.9 Å². The van der Waals surface area contributed by atoms with Gasteiger partial charge in [0.05, 0.1) is 20.3 Å². The maximum atomic E-state index is 12.9. The number of halogens is 2. The Morgan fingerprint density at radius 3 is 2.43 bits per heavy atom. The third-order valence-electron chi connectivity index (χ3n) is 4.56. The minimum atomic E-state index is -3.65. The van der Waals surface area contributed by atoms with Gasteiger partial charge >= 0.3 is 0 Å². The first-order valence-electron chi connectivity index (χ1n) is 8.43. The number of benzene rings is 1. The standard InChI is InChI=1S/C17H16Cl2N6O2S/c18-13-3-1-11(9-14(13)19)28(26,27)25-7-5-24(6-8-25)17-12-2-4-15(20)23-16(12)21-10-22-17/h1-4,9-10H,5-8H2,(H2,20,21,22,23). The molecular formula is C17H16Cl2N6O2S. The van der Waals surface area contributed by atoms with E-state index in [9.17, 15) is 8.42 Å². The number of nitrogen functional groups attached to an aromatic ring is 1. The average Bonchev–Trinajstić information content (AvgIpc) is 2.69. The minimum Gasteiger partial charge on any atom is -0.384 e. The van der Waals surface area contributed by atoms with E-state index in [1.165, 1.54) is 28.8 Å². The summed E-state index contributed by atoms with van der Waals surface area (Å²) in [6.45, 7) is 1.60. The number of pyridine rings is 1. The molecule has 0 bridgehead atoms. The Labute approximate surface area is 172 Å². The molecule has 1 fully saturated rings. The fraction of sp³-hybridized carbons (Fsp3) is 0.235. The molecule has 2 N–H and O–H groups in total. The van der Waals surface area contributed by atoms with Crippen LogP contribution in [0.1, 0.15) is 0 Å². The van der Waals surface area contributed by atoms with Crippen molar-refractivity contribution >= 4 is 55.9 Å². The molecule has 3 aromatic rings. The van der Waals surface area contributed by atoms with Crippen LogP contribution in [0, 0.1) is 0 Å². The maximum absolute atomic E-state index is 12.9. The van der Waals surface area contributed by atoms with E-state index >= 15 is 0 Å². The summed E-state index contributed by atoms with van der Waals surface area (Å²) in [6.07, 6.45) is 1.43. The van der Waals surface area contributed by atoms with Gasteiger partial charge in [-0.3, -0.25) is 0 Å². The molecule has 0 saturated carbocycles. The summed E-state index contributed by atoms with van der Waals surface area (Å²) < 4.78 is 27.2. The zero-order chi connectivity index (χ0) is 19.9. The fourth-order valence-electron chi connectivity index (χ4n) is 3.12. The van der Waals surface area contributed by atoms with E-state index in [1.54, 1.807) is 6.07 Å². The van der Waals surface area contributed by atoms with Crippen molar-refractivity contribution in [3.05, 3.63) is 46.7 Å². The highest BCUT2D eigenvalue weighted by molar-refractivity contribution is 7.89. The molecule has 8 nitrogen and oxygen atoms in total. The largest absolute Gasteiger partial charge is 0.384 e. The topological polar surface area (TPSA) is 105 Å². The molecule has 1 aromatic carbocycles. The normalized spacial score (nSPS) is 15.9. The highest BCUT2D eigenvalue weighted by Crippen LogP contribution is 2.28. The number of anilines is 2. The first kappa shape index (κ1) is 19.1. The Morgan fingerprint density at radius 1 is 0.964 bits per heavy atom. The molecule has 0 atom stereocenters. The summed E-state index contributed by atoms with van der Waals surface area (Å²) >= 11 is 11.9. The molecule has 28 heavy (non-hydrogen) atoms. The molecule has 0 amide bonds. The van der Waals surface area contributed by atoms with Crippen molar-refractivity contribution in [2.75, 3.05) is 36.8 Å². The highest BCUT2D eigenvalue weighted by atomic mass is 35.5. The van der Waals surface area contributed by atoms with E-state index in [0.29, 0.717) is 48.5 Å². The van der Waals surface area contributed by atoms with Crippen molar-refractivity contribution in [2.45, 2.75) is 4.90 Å². The van der Waals surface area contributed by atoms with Crippen LogP contribution in [0.15, 0.2) is 41.6 Å². The molecule has 1 aliphatic heterocycles. The Kier molecular flexibility index (Phi) is 5.00. The number of nitrogens with zero attached hydrogens (tertiary/aromatic N) is 5. The molecule has 1 aliphatic rings. The fourth-order valence-corrected chi connectivity index (χ4v) is 4.93. The number of aromatic nitrogens is 3. The van der Waals surface area contributed by atoms with Gasteiger partial charge in [-0.25, -0.2) is 23.4 Å². The van der Waals surface area contributed by atoms with Gasteiger partial charge in [0.25, 0.3) is 0 Å². The number of rotatable bonds is 3. The van der Waals surface area contributed by atoms with Crippen LogP contribution in [0.25, 0.3) is 11.0 Å². The van der Waals surface area contributed by atoms with E-state index < -0.39 is 10.0 Å². The summed E-state index contributed by atoms with van der Waals surface area (Å²) in [5.41, 5.74) is 6.23. The first-order chi connectivity index (χ1) is 13.4. The summed E-state index contributed by atoms with van der Waals surface area (Å²) in [6, 6.07) is 7.84. The Bertz CT molecular complexity index is 1150. The van der Waals surface area contributed by atoms with Crippen LogP contribution in [0.3, 0.4) is 0 Å². The molecule has 0 spiro atoms. The van der Waals surface area contributed by atoms with Gasteiger partial charge in [-0.1, -0.05) is 23.2 Å². The Morgan fingerprint density at radius 2 is 1.71 bits per heavy atom. The minimum absolute atomic E-state index is 0.127. The second-order valence-electron chi connectivity index (χ2n) is 6.27. The molecule has 0 radical (unpaired) electrons. The first-order valence-corrected chi connectivity index (χ1v) is 10.6. The van der Waals surface area contributed by atoms with Crippen LogP contribution in [0.2, 0.25) is 10.0 Å². The molecule has 146 valence electrons. The van der Waals surface area contributed by atoms with Gasteiger partial charge < -0.3 is 10.6 Å². The molecule has 2 aromatic heterocycles. The predicted octanol–water partition coefficient (Wildman–Crippen LogP) is 2.42. The SMILES string of the molecule is Nc1ccc2c(N3CCN(S(=O)(=O)c4ccc(Cl)c(Cl)c4)CC3)ncnc2n1. The van der Waals surface area contributed by atoms with Gasteiger partial charge in [-0.2, -0.15) is 4.31 Å². The van der Waals surface area contributed by atoms with E-state index in [0.717, 1.165) is 5.39 Å². The van der Waals surface area contributed by atoms with E-state index in [2.05, 4.69) is 15.0 Å². The van der Waals surface area contributed by atoms with Gasteiger partial charge in [0, 0.05) is 26.2 Å². The zero-order valence-electron chi connectivity index (χ0n) is 14.6. The monoisotopic (exact) mass is 438 g/mol. The molecular weight excluding hydrogens is 423 g/mol. The zero-order valence-corrected chi connectivity index (χ0v) is 16.9. The van der Waals surface area contributed by atoms with Crippen molar-refractivity contribution in [3.63, 3.8) is 0 Å². The van der Waals surface area contributed by atoms with Crippen molar-refractivity contribution < 1.29 is 8.42 Å². The summed E-state index contributed by atoms with van der Waals surface area (Å²) in [5, 5.41) is 1.30. The van der Waals surface area contributed by atoms with Gasteiger partial charge in [-0.05, 0) is 30.3 Å². The van der Waals surface area contributed by atoms with E-state index in [-0.39, 0.29) is 9.92 Å². The maximum Gasteiger partial charge on any atom is 0.243 e. The summed E-state index contributed by atoms with van der Waals surface area (Å²) in [4.78, 5) is 14.9. The summed E-state index contributed by atoms with van der Waals surface area (Å²) in [7, 11) is -3.65. The molecule has 0 aliphatic carbocycles. The molecule has 1 saturated heterocycles. The molecule has 3 heterocycles. The number of hydrogen-bond donors (Lipinski definition) is 1. The van der Waals surface area contributed by atoms with Gasteiger partial charge in [0.1, 0.15) is 18.0 Å². The van der Waals surface area contributed by atoms with Gasteiger partial charge in [-0.15, -0.1) is 0 Å². The average molecular weight is 439 g/mol. The quantitative estimate of drug-likeness (QED) is 0.668. The lowest BCUT2D eigenvalue weighted by Gasteiger charge is -2.35. The predicted molar refractivity (Wildman–Crippen MR) is 109 cm³/mol. The lowest BCUT2D eigenvalue weighted by molar-refractivity contribution is 0.384. The second-order valence-corrected chi connectivity index (χ2v) is 9.02.